The van der Waals surface area contributed by atoms with Crippen molar-refractivity contribution in [3.63, 3.8) is 0 Å². The van der Waals surface area contributed by atoms with Gasteiger partial charge in [-0.15, -0.1) is 0 Å². The SMILES string of the molecule is CC1(C)c2ccccc2-c2cc3c(cc21)c1ccccc1n3-c1cccc2ncccc12. The first kappa shape index (κ1) is 17.7. The van der Waals surface area contributed by atoms with E-state index in [0.717, 1.165) is 5.52 Å². The molecule has 0 amide bonds. The van der Waals surface area contributed by atoms with Gasteiger partial charge in [-0.1, -0.05) is 62.4 Å². The number of hydrogen-bond donors (Lipinski definition) is 0. The number of fused-ring (bicyclic) bond motifs is 7. The summed E-state index contributed by atoms with van der Waals surface area (Å²) in [7, 11) is 0. The molecule has 0 N–H and O–H groups in total. The van der Waals surface area contributed by atoms with E-state index in [1.165, 1.54) is 55.1 Å². The van der Waals surface area contributed by atoms with E-state index in [4.69, 9.17) is 0 Å². The third-order valence-corrected chi connectivity index (χ3v) is 7.24. The molecule has 0 aliphatic heterocycles. The van der Waals surface area contributed by atoms with Crippen molar-refractivity contribution >= 4 is 32.7 Å². The zero-order valence-corrected chi connectivity index (χ0v) is 18.1. The van der Waals surface area contributed by atoms with Crippen LogP contribution in [0.2, 0.25) is 0 Å². The minimum atomic E-state index is -0.00726. The first-order valence-corrected chi connectivity index (χ1v) is 11.2. The minimum absolute atomic E-state index is 0.00726. The van der Waals surface area contributed by atoms with Crippen molar-refractivity contribution in [2.45, 2.75) is 19.3 Å². The second-order valence-electron chi connectivity index (χ2n) is 9.29. The smallest absolute Gasteiger partial charge is 0.0723 e. The van der Waals surface area contributed by atoms with Crippen molar-refractivity contribution in [3.8, 4) is 16.8 Å². The predicted octanol–water partition coefficient (Wildman–Crippen LogP) is 7.64. The molecular weight excluding hydrogens is 388 g/mol. The lowest BCUT2D eigenvalue weighted by atomic mass is 9.82. The molecule has 32 heavy (non-hydrogen) atoms. The summed E-state index contributed by atoms with van der Waals surface area (Å²) in [6.07, 6.45) is 1.86. The molecule has 7 rings (SSSR count). The number of para-hydroxylation sites is 1. The third-order valence-electron chi connectivity index (χ3n) is 7.24. The molecule has 0 atom stereocenters. The monoisotopic (exact) mass is 410 g/mol. The number of nitrogens with zero attached hydrogens (tertiary/aromatic N) is 2. The van der Waals surface area contributed by atoms with Gasteiger partial charge in [0, 0.05) is 27.8 Å². The molecule has 2 heteroatoms. The van der Waals surface area contributed by atoms with Crippen LogP contribution in [0.5, 0.6) is 0 Å². The highest BCUT2D eigenvalue weighted by Crippen LogP contribution is 2.51. The van der Waals surface area contributed by atoms with Crippen molar-refractivity contribution in [1.82, 2.24) is 9.55 Å². The second-order valence-corrected chi connectivity index (χ2v) is 9.29. The standard InChI is InChI=1S/C30H22N2/c1-30(2)24-12-5-3-9-19(24)22-18-29-23(17-25(22)30)20-10-4-6-14-27(20)32(29)28-15-7-13-26-21(28)11-8-16-31-26/h3-18H,1-2H3. The van der Waals surface area contributed by atoms with Crippen LogP contribution >= 0.6 is 0 Å². The molecule has 0 saturated carbocycles. The summed E-state index contributed by atoms with van der Waals surface area (Å²) in [4.78, 5) is 4.61. The van der Waals surface area contributed by atoms with E-state index in [2.05, 4.69) is 108 Å². The highest BCUT2D eigenvalue weighted by Gasteiger charge is 2.36. The lowest BCUT2D eigenvalue weighted by Crippen LogP contribution is -2.14. The Bertz CT molecular complexity index is 1700. The molecule has 0 spiro atoms. The van der Waals surface area contributed by atoms with Gasteiger partial charge in [-0.3, -0.25) is 4.98 Å². The van der Waals surface area contributed by atoms with Crippen LogP contribution in [0.4, 0.5) is 0 Å². The van der Waals surface area contributed by atoms with Crippen molar-refractivity contribution in [2.24, 2.45) is 0 Å². The first-order valence-electron chi connectivity index (χ1n) is 11.2. The molecule has 0 saturated heterocycles. The normalized spacial score (nSPS) is 14.2. The Labute approximate surface area is 186 Å². The molecule has 0 radical (unpaired) electrons. The largest absolute Gasteiger partial charge is 0.309 e. The Morgan fingerprint density at radius 1 is 0.625 bits per heavy atom. The van der Waals surface area contributed by atoms with Gasteiger partial charge < -0.3 is 4.57 Å². The highest BCUT2D eigenvalue weighted by atomic mass is 15.0. The topological polar surface area (TPSA) is 17.8 Å². The minimum Gasteiger partial charge on any atom is -0.309 e. The van der Waals surface area contributed by atoms with E-state index in [1.807, 2.05) is 12.3 Å². The summed E-state index contributed by atoms with van der Waals surface area (Å²) < 4.78 is 2.42. The second kappa shape index (κ2) is 6.08. The van der Waals surface area contributed by atoms with Crippen LogP contribution in [-0.4, -0.2) is 9.55 Å². The Hall–Kier alpha value is -3.91. The fourth-order valence-corrected chi connectivity index (χ4v) is 5.70. The molecule has 6 aromatic rings. The van der Waals surface area contributed by atoms with Gasteiger partial charge in [0.15, 0.2) is 0 Å². The maximum atomic E-state index is 4.61. The molecule has 2 nitrogen and oxygen atoms in total. The predicted molar refractivity (Wildman–Crippen MR) is 134 cm³/mol. The summed E-state index contributed by atoms with van der Waals surface area (Å²) in [5, 5.41) is 3.76. The lowest BCUT2D eigenvalue weighted by Gasteiger charge is -2.21. The number of pyridine rings is 1. The van der Waals surface area contributed by atoms with Crippen LogP contribution in [0.1, 0.15) is 25.0 Å². The Morgan fingerprint density at radius 3 is 2.38 bits per heavy atom. The molecule has 0 bridgehead atoms. The van der Waals surface area contributed by atoms with Gasteiger partial charge in [0.1, 0.15) is 0 Å². The summed E-state index contributed by atoms with van der Waals surface area (Å²) in [6, 6.07) is 33.1. The molecular formula is C30H22N2. The van der Waals surface area contributed by atoms with Crippen LogP contribution in [0.15, 0.2) is 97.2 Å². The first-order chi connectivity index (χ1) is 15.6. The molecule has 0 fully saturated rings. The summed E-state index contributed by atoms with van der Waals surface area (Å²) in [5.41, 5.74) is 10.2. The summed E-state index contributed by atoms with van der Waals surface area (Å²) in [5.74, 6) is 0. The number of hydrogen-bond acceptors (Lipinski definition) is 1. The van der Waals surface area contributed by atoms with E-state index in [9.17, 15) is 0 Å². The van der Waals surface area contributed by atoms with Crippen LogP contribution in [0, 0.1) is 0 Å². The van der Waals surface area contributed by atoms with Crippen LogP contribution in [-0.2, 0) is 5.41 Å². The van der Waals surface area contributed by atoms with Crippen molar-refractivity contribution < 1.29 is 0 Å². The molecule has 1 aliphatic rings. The van der Waals surface area contributed by atoms with Crippen molar-refractivity contribution in [3.05, 3.63) is 108 Å². The number of aromatic nitrogens is 2. The van der Waals surface area contributed by atoms with Gasteiger partial charge in [0.05, 0.1) is 22.2 Å². The maximum absolute atomic E-state index is 4.61. The Kier molecular flexibility index (Phi) is 3.37. The van der Waals surface area contributed by atoms with Crippen LogP contribution < -0.4 is 0 Å². The van der Waals surface area contributed by atoms with Gasteiger partial charge in [-0.25, -0.2) is 0 Å². The zero-order chi connectivity index (χ0) is 21.4. The molecule has 2 heterocycles. The van der Waals surface area contributed by atoms with E-state index >= 15 is 0 Å². The number of benzene rings is 4. The van der Waals surface area contributed by atoms with Crippen molar-refractivity contribution in [1.29, 1.82) is 0 Å². The quantitative estimate of drug-likeness (QED) is 0.272. The maximum Gasteiger partial charge on any atom is 0.0723 e. The van der Waals surface area contributed by atoms with Gasteiger partial charge in [-0.05, 0) is 64.7 Å². The van der Waals surface area contributed by atoms with Gasteiger partial charge in [-0.2, -0.15) is 0 Å². The van der Waals surface area contributed by atoms with Crippen molar-refractivity contribution in [2.75, 3.05) is 0 Å². The summed E-state index contributed by atoms with van der Waals surface area (Å²) in [6.45, 7) is 4.69. The molecule has 0 unspecified atom stereocenters. The third kappa shape index (κ3) is 2.17. The Morgan fingerprint density at radius 2 is 1.44 bits per heavy atom. The van der Waals surface area contributed by atoms with E-state index in [-0.39, 0.29) is 5.41 Å². The fraction of sp³-hybridized carbons (Fsp3) is 0.100. The van der Waals surface area contributed by atoms with Gasteiger partial charge in [0.25, 0.3) is 0 Å². The van der Waals surface area contributed by atoms with Gasteiger partial charge in [0.2, 0.25) is 0 Å². The van der Waals surface area contributed by atoms with Crippen LogP contribution in [0.25, 0.3) is 49.5 Å². The van der Waals surface area contributed by atoms with Gasteiger partial charge >= 0.3 is 0 Å². The molecule has 152 valence electrons. The fourth-order valence-electron chi connectivity index (χ4n) is 5.70. The average Bonchev–Trinajstić information content (AvgIpc) is 3.27. The highest BCUT2D eigenvalue weighted by molar-refractivity contribution is 6.12. The Balaban J connectivity index is 1.67. The number of rotatable bonds is 1. The molecule has 4 aromatic carbocycles. The summed E-state index contributed by atoms with van der Waals surface area (Å²) >= 11 is 0. The van der Waals surface area contributed by atoms with E-state index in [1.54, 1.807) is 0 Å². The molecule has 1 aliphatic carbocycles. The van der Waals surface area contributed by atoms with E-state index in [0.29, 0.717) is 0 Å². The van der Waals surface area contributed by atoms with E-state index < -0.39 is 0 Å². The zero-order valence-electron chi connectivity index (χ0n) is 18.1. The molecule has 2 aromatic heterocycles. The average molecular weight is 411 g/mol. The van der Waals surface area contributed by atoms with Crippen LogP contribution in [0.3, 0.4) is 0 Å². The lowest BCUT2D eigenvalue weighted by molar-refractivity contribution is 0.661.